The van der Waals surface area contributed by atoms with Gasteiger partial charge in [-0.15, -0.1) is 0 Å². The average Bonchev–Trinajstić information content (AvgIpc) is 3.18. The van der Waals surface area contributed by atoms with E-state index >= 15 is 0 Å². The molecule has 6 nitrogen and oxygen atoms in total. The first-order valence-corrected chi connectivity index (χ1v) is 7.81. The highest BCUT2D eigenvalue weighted by Gasteiger charge is 2.42. The Balaban J connectivity index is 1.45. The van der Waals surface area contributed by atoms with Crippen LogP contribution in [0.4, 0.5) is 0 Å². The molecule has 1 saturated carbocycles. The highest BCUT2D eigenvalue weighted by Crippen LogP contribution is 2.28. The van der Waals surface area contributed by atoms with Crippen LogP contribution in [0, 0.1) is 0 Å². The van der Waals surface area contributed by atoms with E-state index in [1.807, 2.05) is 10.8 Å². The average molecular weight is 290 g/mol. The van der Waals surface area contributed by atoms with Crippen LogP contribution in [0.15, 0.2) is 18.7 Å². The number of hydrogen-bond acceptors (Lipinski definition) is 4. The predicted octanol–water partition coefficient (Wildman–Crippen LogP) is 0.933. The highest BCUT2D eigenvalue weighted by molar-refractivity contribution is 6.05. The first-order valence-electron chi connectivity index (χ1n) is 7.81. The van der Waals surface area contributed by atoms with Crippen LogP contribution in [0.5, 0.6) is 0 Å². The maximum absolute atomic E-state index is 12.4. The molecule has 2 fully saturated rings. The minimum Gasteiger partial charge on any atom is -0.337 e. The molecule has 2 heterocycles. The summed E-state index contributed by atoms with van der Waals surface area (Å²) in [7, 11) is 0. The van der Waals surface area contributed by atoms with E-state index in [4.69, 9.17) is 0 Å². The van der Waals surface area contributed by atoms with Crippen LogP contribution in [-0.2, 0) is 16.1 Å². The second kappa shape index (κ2) is 6.39. The van der Waals surface area contributed by atoms with Crippen LogP contribution >= 0.6 is 0 Å². The van der Waals surface area contributed by atoms with Gasteiger partial charge in [0.15, 0.2) is 0 Å². The Morgan fingerprint density at radius 3 is 2.81 bits per heavy atom. The van der Waals surface area contributed by atoms with E-state index in [-0.39, 0.29) is 23.9 Å². The summed E-state index contributed by atoms with van der Waals surface area (Å²) >= 11 is 0. The van der Waals surface area contributed by atoms with E-state index in [1.54, 1.807) is 12.5 Å². The molecule has 1 atom stereocenters. The fourth-order valence-electron chi connectivity index (χ4n) is 3.31. The SMILES string of the molecule is O=C1CC(NCCCn2ccnc2)C(=O)N1C1CCCC1. The van der Waals surface area contributed by atoms with E-state index in [9.17, 15) is 9.59 Å². The van der Waals surface area contributed by atoms with E-state index in [0.717, 1.165) is 45.2 Å². The third-order valence-electron chi connectivity index (χ3n) is 4.42. The number of nitrogens with zero attached hydrogens (tertiary/aromatic N) is 3. The molecule has 1 aromatic rings. The molecule has 1 aliphatic heterocycles. The van der Waals surface area contributed by atoms with Gasteiger partial charge >= 0.3 is 0 Å². The van der Waals surface area contributed by atoms with E-state index < -0.39 is 0 Å². The number of hydrogen-bond donors (Lipinski definition) is 1. The quantitative estimate of drug-likeness (QED) is 0.625. The van der Waals surface area contributed by atoms with Crippen LogP contribution in [0.3, 0.4) is 0 Å². The van der Waals surface area contributed by atoms with Crippen LogP contribution in [0.2, 0.25) is 0 Å². The smallest absolute Gasteiger partial charge is 0.247 e. The lowest BCUT2D eigenvalue weighted by atomic mass is 10.2. The largest absolute Gasteiger partial charge is 0.337 e. The van der Waals surface area contributed by atoms with E-state index in [0.29, 0.717) is 6.42 Å². The molecule has 1 aliphatic carbocycles. The lowest BCUT2D eigenvalue weighted by Gasteiger charge is -2.22. The summed E-state index contributed by atoms with van der Waals surface area (Å²) < 4.78 is 2.01. The molecule has 1 N–H and O–H groups in total. The van der Waals surface area contributed by atoms with Gasteiger partial charge in [-0.2, -0.15) is 0 Å². The molecule has 6 heteroatoms. The molecular formula is C15H22N4O2. The van der Waals surface area contributed by atoms with Crippen molar-refractivity contribution in [3.8, 4) is 0 Å². The Morgan fingerprint density at radius 2 is 2.10 bits per heavy atom. The van der Waals surface area contributed by atoms with Crippen molar-refractivity contribution in [2.45, 2.75) is 57.2 Å². The minimum atomic E-state index is -0.319. The minimum absolute atomic E-state index is 0.000917. The highest BCUT2D eigenvalue weighted by atomic mass is 16.2. The van der Waals surface area contributed by atoms with Gasteiger partial charge in [-0.3, -0.25) is 14.5 Å². The van der Waals surface area contributed by atoms with Crippen molar-refractivity contribution in [1.82, 2.24) is 19.8 Å². The van der Waals surface area contributed by atoms with Gasteiger partial charge in [-0.1, -0.05) is 12.8 Å². The molecule has 0 radical (unpaired) electrons. The second-order valence-electron chi connectivity index (χ2n) is 5.91. The molecule has 0 spiro atoms. The number of likely N-dealkylation sites (tertiary alicyclic amines) is 1. The number of aryl methyl sites for hydroxylation is 1. The lowest BCUT2D eigenvalue weighted by Crippen LogP contribution is -2.43. The summed E-state index contributed by atoms with van der Waals surface area (Å²) in [5, 5.41) is 3.23. The standard InChI is InChI=1S/C15H22N4O2/c20-14-10-13(15(21)19(14)12-4-1-2-5-12)17-6-3-8-18-9-7-16-11-18/h7,9,11-13,17H,1-6,8,10H2. The monoisotopic (exact) mass is 290 g/mol. The Hall–Kier alpha value is -1.69. The summed E-state index contributed by atoms with van der Waals surface area (Å²) in [6, 6.07) is -0.163. The fourth-order valence-corrected chi connectivity index (χ4v) is 3.31. The molecule has 0 bridgehead atoms. The van der Waals surface area contributed by atoms with Gasteiger partial charge in [0.1, 0.15) is 0 Å². The number of carbonyl (C=O) groups excluding carboxylic acids is 2. The van der Waals surface area contributed by atoms with Crippen molar-refractivity contribution in [3.63, 3.8) is 0 Å². The molecule has 2 amide bonds. The molecule has 2 aliphatic rings. The normalized spacial score (nSPS) is 23.4. The van der Waals surface area contributed by atoms with Crippen molar-refractivity contribution in [3.05, 3.63) is 18.7 Å². The number of rotatable bonds is 6. The van der Waals surface area contributed by atoms with Crippen LogP contribution in [-0.4, -0.2) is 44.9 Å². The van der Waals surface area contributed by atoms with E-state index in [2.05, 4.69) is 10.3 Å². The number of imidazole rings is 1. The zero-order chi connectivity index (χ0) is 14.7. The third kappa shape index (κ3) is 3.15. The third-order valence-corrected chi connectivity index (χ3v) is 4.42. The van der Waals surface area contributed by atoms with Gasteiger partial charge in [-0.25, -0.2) is 4.98 Å². The molecule has 21 heavy (non-hydrogen) atoms. The van der Waals surface area contributed by atoms with Gasteiger partial charge in [0.05, 0.1) is 18.8 Å². The number of imide groups is 1. The van der Waals surface area contributed by atoms with Crippen molar-refractivity contribution < 1.29 is 9.59 Å². The fraction of sp³-hybridized carbons (Fsp3) is 0.667. The van der Waals surface area contributed by atoms with Crippen molar-refractivity contribution in [1.29, 1.82) is 0 Å². The second-order valence-corrected chi connectivity index (χ2v) is 5.91. The molecule has 1 unspecified atom stereocenters. The Bertz CT molecular complexity index is 494. The molecule has 1 saturated heterocycles. The Morgan fingerprint density at radius 1 is 1.29 bits per heavy atom. The number of carbonyl (C=O) groups is 2. The zero-order valence-electron chi connectivity index (χ0n) is 12.2. The number of amides is 2. The van der Waals surface area contributed by atoms with Gasteiger partial charge < -0.3 is 9.88 Å². The first kappa shape index (κ1) is 14.3. The predicted molar refractivity (Wildman–Crippen MR) is 77.4 cm³/mol. The van der Waals surface area contributed by atoms with Crippen molar-refractivity contribution >= 4 is 11.8 Å². The maximum atomic E-state index is 12.4. The number of aromatic nitrogens is 2. The van der Waals surface area contributed by atoms with Gasteiger partial charge in [0.2, 0.25) is 11.8 Å². The summed E-state index contributed by atoms with van der Waals surface area (Å²) in [5.74, 6) is -0.0199. The maximum Gasteiger partial charge on any atom is 0.247 e. The topological polar surface area (TPSA) is 67.2 Å². The summed E-state index contributed by atoms with van der Waals surface area (Å²) in [6.45, 7) is 1.61. The molecule has 114 valence electrons. The summed E-state index contributed by atoms with van der Waals surface area (Å²) in [6.07, 6.45) is 10.9. The van der Waals surface area contributed by atoms with Crippen molar-refractivity contribution in [2.24, 2.45) is 0 Å². The number of nitrogens with one attached hydrogen (secondary N) is 1. The summed E-state index contributed by atoms with van der Waals surface area (Å²) in [5.41, 5.74) is 0. The van der Waals surface area contributed by atoms with Crippen LogP contribution < -0.4 is 5.32 Å². The summed E-state index contributed by atoms with van der Waals surface area (Å²) in [4.78, 5) is 29.9. The zero-order valence-corrected chi connectivity index (χ0v) is 12.2. The molecule has 3 rings (SSSR count). The Labute approximate surface area is 124 Å². The van der Waals surface area contributed by atoms with E-state index in [1.165, 1.54) is 4.90 Å². The van der Waals surface area contributed by atoms with Crippen LogP contribution in [0.25, 0.3) is 0 Å². The van der Waals surface area contributed by atoms with Gasteiger partial charge in [-0.05, 0) is 25.8 Å². The molecular weight excluding hydrogens is 268 g/mol. The Kier molecular flexibility index (Phi) is 4.34. The van der Waals surface area contributed by atoms with Crippen molar-refractivity contribution in [2.75, 3.05) is 6.54 Å². The first-order chi connectivity index (χ1) is 10.3. The molecule has 0 aromatic carbocycles. The lowest BCUT2D eigenvalue weighted by molar-refractivity contribution is -0.141. The molecule has 1 aromatic heterocycles. The van der Waals surface area contributed by atoms with Crippen LogP contribution in [0.1, 0.15) is 38.5 Å². The van der Waals surface area contributed by atoms with Gasteiger partial charge in [0, 0.05) is 25.0 Å². The van der Waals surface area contributed by atoms with Gasteiger partial charge in [0.25, 0.3) is 0 Å².